The van der Waals surface area contributed by atoms with E-state index >= 15 is 0 Å². The van der Waals surface area contributed by atoms with E-state index in [4.69, 9.17) is 6.42 Å². The van der Waals surface area contributed by atoms with Gasteiger partial charge in [0.25, 0.3) is 5.56 Å². The normalized spacial score (nSPS) is 9.94. The molecule has 0 unspecified atom stereocenters. The average Bonchev–Trinajstić information content (AvgIpc) is 2.35. The predicted molar refractivity (Wildman–Crippen MR) is 67.3 cm³/mol. The lowest BCUT2D eigenvalue weighted by Crippen LogP contribution is -2.30. The molecule has 2 N–H and O–H groups in total. The highest BCUT2D eigenvalue weighted by molar-refractivity contribution is 5.67. The molecule has 0 fully saturated rings. The van der Waals surface area contributed by atoms with Crippen molar-refractivity contribution < 1.29 is 5.11 Å². The van der Waals surface area contributed by atoms with E-state index in [-0.39, 0.29) is 12.1 Å². The minimum atomic E-state index is -0.727. The maximum Gasteiger partial charge on any atom is 0.332 e. The van der Waals surface area contributed by atoms with Gasteiger partial charge in [0, 0.05) is 0 Å². The number of nitrogens with zero attached hydrogens (tertiary/aromatic N) is 1. The fraction of sp³-hybridized carbons (Fsp3) is 0.0769. The third-order valence-corrected chi connectivity index (χ3v) is 2.48. The maximum atomic E-state index is 11.7. The summed E-state index contributed by atoms with van der Waals surface area (Å²) in [7, 11) is 0. The highest BCUT2D eigenvalue weighted by atomic mass is 16.3. The van der Waals surface area contributed by atoms with Gasteiger partial charge in [-0.1, -0.05) is 36.3 Å². The largest absolute Gasteiger partial charge is 0.494 e. The van der Waals surface area contributed by atoms with E-state index in [0.717, 1.165) is 4.57 Å². The summed E-state index contributed by atoms with van der Waals surface area (Å²) in [6.07, 6.45) is 5.11. The van der Waals surface area contributed by atoms with E-state index in [2.05, 4.69) is 10.9 Å². The molecule has 0 aliphatic rings. The highest BCUT2D eigenvalue weighted by Gasteiger charge is 2.14. The van der Waals surface area contributed by atoms with Crippen molar-refractivity contribution in [3.8, 4) is 29.4 Å². The number of terminal acetylenes is 1. The van der Waals surface area contributed by atoms with Crippen LogP contribution in [0.25, 0.3) is 11.1 Å². The number of hydrogen-bond acceptors (Lipinski definition) is 3. The number of aromatic nitrogens is 2. The smallest absolute Gasteiger partial charge is 0.332 e. The van der Waals surface area contributed by atoms with Gasteiger partial charge >= 0.3 is 5.69 Å². The Hall–Kier alpha value is -2.74. The van der Waals surface area contributed by atoms with Crippen LogP contribution in [0.4, 0.5) is 0 Å². The van der Waals surface area contributed by atoms with E-state index in [1.165, 1.54) is 0 Å². The van der Waals surface area contributed by atoms with Gasteiger partial charge in [0.15, 0.2) is 0 Å². The third kappa shape index (κ3) is 1.92. The lowest BCUT2D eigenvalue weighted by Gasteiger charge is -2.08. The molecule has 0 saturated heterocycles. The van der Waals surface area contributed by atoms with Crippen molar-refractivity contribution in [2.45, 2.75) is 6.54 Å². The summed E-state index contributed by atoms with van der Waals surface area (Å²) in [4.78, 5) is 25.4. The number of rotatable bonds is 2. The highest BCUT2D eigenvalue weighted by Crippen LogP contribution is 2.23. The van der Waals surface area contributed by atoms with Gasteiger partial charge in [0.1, 0.15) is 5.56 Å². The number of aromatic hydroxyl groups is 1. The number of nitrogens with one attached hydrogen (secondary N) is 1. The lowest BCUT2D eigenvalue weighted by molar-refractivity contribution is 0.415. The van der Waals surface area contributed by atoms with Crippen molar-refractivity contribution in [3.63, 3.8) is 0 Å². The zero-order valence-corrected chi connectivity index (χ0v) is 9.38. The molecule has 90 valence electrons. The van der Waals surface area contributed by atoms with Crippen LogP contribution in [-0.4, -0.2) is 14.7 Å². The van der Waals surface area contributed by atoms with Gasteiger partial charge in [-0.3, -0.25) is 14.3 Å². The second-order valence-electron chi connectivity index (χ2n) is 3.61. The van der Waals surface area contributed by atoms with Gasteiger partial charge in [0.05, 0.1) is 6.54 Å². The van der Waals surface area contributed by atoms with Gasteiger partial charge in [-0.2, -0.15) is 0 Å². The van der Waals surface area contributed by atoms with Gasteiger partial charge in [-0.25, -0.2) is 4.79 Å². The summed E-state index contributed by atoms with van der Waals surface area (Å²) < 4.78 is 0.934. The van der Waals surface area contributed by atoms with Crippen LogP contribution in [0.1, 0.15) is 0 Å². The molecule has 2 rings (SSSR count). The second-order valence-corrected chi connectivity index (χ2v) is 3.61. The number of aromatic amines is 1. The summed E-state index contributed by atoms with van der Waals surface area (Å²) in [5.74, 6) is 1.82. The van der Waals surface area contributed by atoms with E-state index in [1.54, 1.807) is 30.3 Å². The Bertz CT molecular complexity index is 721. The summed E-state index contributed by atoms with van der Waals surface area (Å²) in [5, 5.41) is 9.98. The van der Waals surface area contributed by atoms with Crippen molar-refractivity contribution in [3.05, 3.63) is 51.2 Å². The minimum Gasteiger partial charge on any atom is -0.494 e. The Morgan fingerprint density at radius 3 is 2.56 bits per heavy atom. The zero-order chi connectivity index (χ0) is 13.1. The zero-order valence-electron chi connectivity index (χ0n) is 9.38. The molecule has 0 aliphatic carbocycles. The molecule has 0 atom stereocenters. The van der Waals surface area contributed by atoms with E-state index < -0.39 is 17.1 Å². The van der Waals surface area contributed by atoms with E-state index in [0.29, 0.717) is 5.56 Å². The summed E-state index contributed by atoms with van der Waals surface area (Å²) in [6, 6.07) is 8.56. The monoisotopic (exact) mass is 242 g/mol. The maximum absolute atomic E-state index is 11.7. The minimum absolute atomic E-state index is 0.0328. The van der Waals surface area contributed by atoms with Crippen LogP contribution in [0.2, 0.25) is 0 Å². The van der Waals surface area contributed by atoms with Crippen LogP contribution in [0.15, 0.2) is 39.9 Å². The van der Waals surface area contributed by atoms with Crippen LogP contribution in [0, 0.1) is 12.3 Å². The molecule has 5 nitrogen and oxygen atoms in total. The molecule has 1 aromatic carbocycles. The molecule has 0 aliphatic heterocycles. The predicted octanol–water partition coefficient (Wildman–Crippen LogP) is 0.542. The first kappa shape index (κ1) is 11.7. The molecule has 1 heterocycles. The summed E-state index contributed by atoms with van der Waals surface area (Å²) in [5.41, 5.74) is -0.820. The van der Waals surface area contributed by atoms with Crippen LogP contribution in [-0.2, 0) is 6.54 Å². The number of hydrogen-bond donors (Lipinski definition) is 2. The Morgan fingerprint density at radius 1 is 1.28 bits per heavy atom. The molecule has 0 bridgehead atoms. The molecule has 18 heavy (non-hydrogen) atoms. The van der Waals surface area contributed by atoms with Gasteiger partial charge in [-0.05, 0) is 5.56 Å². The molecule has 1 aromatic heterocycles. The summed E-state index contributed by atoms with van der Waals surface area (Å²) >= 11 is 0. The standard InChI is InChI=1S/C13H10N2O3/c1-2-8-15-12(17)10(11(16)14-13(15)18)9-6-4-3-5-7-9/h1,3-7,17H,8H2,(H,14,16,18). The van der Waals surface area contributed by atoms with Gasteiger partial charge in [-0.15, -0.1) is 6.42 Å². The fourth-order valence-corrected chi connectivity index (χ4v) is 1.66. The first-order chi connectivity index (χ1) is 8.65. The first-order valence-electron chi connectivity index (χ1n) is 5.20. The Balaban J connectivity index is 2.77. The van der Waals surface area contributed by atoms with Crippen molar-refractivity contribution >= 4 is 0 Å². The summed E-state index contributed by atoms with van der Waals surface area (Å²) in [6.45, 7) is -0.110. The van der Waals surface area contributed by atoms with E-state index in [1.807, 2.05) is 0 Å². The van der Waals surface area contributed by atoms with Crippen molar-refractivity contribution in [2.24, 2.45) is 0 Å². The van der Waals surface area contributed by atoms with Crippen molar-refractivity contribution in [1.29, 1.82) is 0 Å². The van der Waals surface area contributed by atoms with Gasteiger partial charge < -0.3 is 5.11 Å². The number of H-pyrrole nitrogens is 1. The lowest BCUT2D eigenvalue weighted by atomic mass is 10.1. The molecule has 0 radical (unpaired) electrons. The van der Waals surface area contributed by atoms with Crippen LogP contribution in [0.5, 0.6) is 5.88 Å². The molecule has 0 saturated carbocycles. The molecular formula is C13H10N2O3. The third-order valence-electron chi connectivity index (χ3n) is 2.48. The fourth-order valence-electron chi connectivity index (χ4n) is 1.66. The quantitative estimate of drug-likeness (QED) is 0.755. The van der Waals surface area contributed by atoms with Crippen molar-refractivity contribution in [1.82, 2.24) is 9.55 Å². The topological polar surface area (TPSA) is 75.1 Å². The van der Waals surface area contributed by atoms with Gasteiger partial charge in [0.2, 0.25) is 5.88 Å². The average molecular weight is 242 g/mol. The molecule has 2 aromatic rings. The molecule has 0 amide bonds. The Labute approximate surface area is 102 Å². The molecule has 5 heteroatoms. The van der Waals surface area contributed by atoms with Crippen molar-refractivity contribution in [2.75, 3.05) is 0 Å². The Kier molecular flexibility index (Phi) is 3.02. The Morgan fingerprint density at radius 2 is 1.94 bits per heavy atom. The van der Waals surface area contributed by atoms with E-state index in [9.17, 15) is 14.7 Å². The number of benzene rings is 1. The molecule has 0 spiro atoms. The SMILES string of the molecule is C#CCn1c(O)c(-c2ccccc2)c(=O)[nH]c1=O. The molecular weight excluding hydrogens is 232 g/mol. The van der Waals surface area contributed by atoms with Crippen LogP contribution in [0.3, 0.4) is 0 Å². The second kappa shape index (κ2) is 4.63. The van der Waals surface area contributed by atoms with Crippen LogP contribution >= 0.6 is 0 Å². The van der Waals surface area contributed by atoms with Crippen LogP contribution < -0.4 is 11.2 Å². The first-order valence-corrected chi connectivity index (χ1v) is 5.20.